The zero-order valence-electron chi connectivity index (χ0n) is 5.79. The number of hydrogen-bond donors (Lipinski definition) is 0. The molecule has 0 aliphatic heterocycles. The van der Waals surface area contributed by atoms with E-state index in [1.165, 1.54) is 0 Å². The predicted octanol–water partition coefficient (Wildman–Crippen LogP) is 0.0125. The summed E-state index contributed by atoms with van der Waals surface area (Å²) in [4.78, 5) is 0. The van der Waals surface area contributed by atoms with Crippen molar-refractivity contribution >= 4 is 25.4 Å². The first kappa shape index (κ1) is 8.27. The average molecular weight is 173 g/mol. The van der Waals surface area contributed by atoms with Crippen LogP contribution in [0.4, 0.5) is 0 Å². The molecule has 1 aromatic rings. The zero-order valence-corrected chi connectivity index (χ0v) is 7.79. The molecule has 1 rings (SSSR count). The van der Waals surface area contributed by atoms with Crippen LogP contribution < -0.4 is 5.19 Å². The summed E-state index contributed by atoms with van der Waals surface area (Å²) in [6.07, 6.45) is 5.26. The Hall–Kier alpha value is -0.826. The van der Waals surface area contributed by atoms with Gasteiger partial charge in [0.15, 0.2) is 0 Å². The fourth-order valence-corrected chi connectivity index (χ4v) is 1.62. The molecule has 11 heavy (non-hydrogen) atoms. The van der Waals surface area contributed by atoms with E-state index >= 15 is 0 Å². The minimum absolute atomic E-state index is 0.264. The van der Waals surface area contributed by atoms with Gasteiger partial charge in [-0.15, -0.1) is 6.42 Å². The lowest BCUT2D eigenvalue weighted by molar-refractivity contribution is 0.676. The minimum atomic E-state index is 0.264. The maximum Gasteiger partial charge on any atom is 0.257 e. The second kappa shape index (κ2) is 4.14. The van der Waals surface area contributed by atoms with Crippen LogP contribution in [0.3, 0.4) is 0 Å². The molecule has 5 radical (unpaired) electrons. The van der Waals surface area contributed by atoms with E-state index in [4.69, 9.17) is 10.5 Å². The predicted molar refractivity (Wildman–Crippen MR) is 46.6 cm³/mol. The maximum atomic E-state index is 5.26. The van der Waals surface area contributed by atoms with E-state index in [2.05, 4.69) is 16.4 Å². The quantitative estimate of drug-likeness (QED) is 0.452. The lowest BCUT2D eigenvalue weighted by Crippen LogP contribution is -2.19. The topological polar surface area (TPSA) is 9.23 Å². The number of benzene rings is 1. The molecule has 0 amide bonds. The molecule has 51 valence electrons. The molecule has 0 aliphatic rings. The first-order valence-corrected chi connectivity index (χ1v) is 4.34. The lowest BCUT2D eigenvalue weighted by atomic mass is 10.2. The second-order valence-corrected chi connectivity index (χ2v) is 3.45. The van der Waals surface area contributed by atoms with Crippen molar-refractivity contribution in [1.29, 1.82) is 0 Å². The van der Waals surface area contributed by atoms with Crippen molar-refractivity contribution in [3.8, 4) is 12.3 Å². The smallest absolute Gasteiger partial charge is 0.257 e. The van der Waals surface area contributed by atoms with Gasteiger partial charge in [-0.2, -0.15) is 0 Å². The maximum absolute atomic E-state index is 5.26. The van der Waals surface area contributed by atoms with Crippen molar-refractivity contribution in [2.75, 3.05) is 0 Å². The van der Waals surface area contributed by atoms with Crippen LogP contribution in [0.2, 0.25) is 0 Å². The Morgan fingerprint density at radius 1 is 1.45 bits per heavy atom. The van der Waals surface area contributed by atoms with Gasteiger partial charge in [-0.1, -0.05) is 24.1 Å². The molecule has 0 spiro atoms. The highest BCUT2D eigenvalue weighted by Gasteiger charge is 1.98. The fourth-order valence-electron chi connectivity index (χ4n) is 0.753. The normalized spacial score (nSPS) is 9.09. The van der Waals surface area contributed by atoms with Crippen LogP contribution in [-0.2, 0) is 4.12 Å². The van der Waals surface area contributed by atoms with Crippen molar-refractivity contribution in [3.05, 3.63) is 29.8 Å². The van der Waals surface area contributed by atoms with Crippen molar-refractivity contribution in [3.63, 3.8) is 0 Å². The van der Waals surface area contributed by atoms with Crippen LogP contribution in [0.25, 0.3) is 0 Å². The fraction of sp³-hybridized carbons (Fsp3) is 0. The summed E-state index contributed by atoms with van der Waals surface area (Å²) in [6.45, 7) is 0. The van der Waals surface area contributed by atoms with E-state index in [9.17, 15) is 0 Å². The van der Waals surface area contributed by atoms with Gasteiger partial charge in [-0.25, -0.2) is 0 Å². The van der Waals surface area contributed by atoms with Gasteiger partial charge in [0.05, 0.1) is 0 Å². The molecule has 0 bridgehead atoms. The van der Waals surface area contributed by atoms with Crippen molar-refractivity contribution in [2.45, 2.75) is 0 Å². The average Bonchev–Trinajstić information content (AvgIpc) is 2.06. The highest BCUT2D eigenvalue weighted by molar-refractivity contribution is 6.51. The molecule has 0 unspecified atom stereocenters. The molecule has 3 heteroatoms. The third-order valence-electron chi connectivity index (χ3n) is 1.24. The Bertz CT molecular complexity index is 278. The molecule has 1 aromatic carbocycles. The summed E-state index contributed by atoms with van der Waals surface area (Å²) in [5.41, 5.74) is 0.893. The van der Waals surface area contributed by atoms with Gasteiger partial charge < -0.3 is 4.12 Å². The standard InChI is InChI=1S/C8H5OSi2/c1-2-7-5-3-4-6-8(7)11-9-10/h1,3-6H. The van der Waals surface area contributed by atoms with Gasteiger partial charge in [-0.3, -0.25) is 0 Å². The molecule has 0 aliphatic carbocycles. The highest BCUT2D eigenvalue weighted by Crippen LogP contribution is 1.91. The summed E-state index contributed by atoms with van der Waals surface area (Å²) >= 11 is 0. The lowest BCUT2D eigenvalue weighted by Gasteiger charge is -1.99. The molecule has 0 fully saturated rings. The Balaban J connectivity index is 2.95. The van der Waals surface area contributed by atoms with Crippen molar-refractivity contribution in [1.82, 2.24) is 0 Å². The first-order chi connectivity index (χ1) is 5.38. The molecular formula is C8H5OSi2. The zero-order chi connectivity index (χ0) is 8.10. The van der Waals surface area contributed by atoms with Crippen LogP contribution in [0, 0.1) is 12.3 Å². The first-order valence-electron chi connectivity index (χ1n) is 3.02. The van der Waals surface area contributed by atoms with Gasteiger partial charge >= 0.3 is 0 Å². The van der Waals surface area contributed by atoms with E-state index in [-0.39, 0.29) is 9.76 Å². The van der Waals surface area contributed by atoms with Crippen LogP contribution in [0.5, 0.6) is 0 Å². The monoisotopic (exact) mass is 173 g/mol. The SMILES string of the molecule is C#Cc1ccccc1[Si]O[Si]. The summed E-state index contributed by atoms with van der Waals surface area (Å²) in [7, 11) is 3.20. The minimum Gasteiger partial charge on any atom is -0.454 e. The Morgan fingerprint density at radius 2 is 2.18 bits per heavy atom. The van der Waals surface area contributed by atoms with Crippen molar-refractivity contribution < 1.29 is 4.12 Å². The molecule has 0 heterocycles. The number of hydrogen-bond acceptors (Lipinski definition) is 1. The second-order valence-electron chi connectivity index (χ2n) is 1.89. The Labute approximate surface area is 72.3 Å². The summed E-state index contributed by atoms with van der Waals surface area (Å²) in [6, 6.07) is 7.70. The third kappa shape index (κ3) is 2.05. The summed E-state index contributed by atoms with van der Waals surface area (Å²) in [5.74, 6) is 2.59. The van der Waals surface area contributed by atoms with E-state index in [1.807, 2.05) is 24.3 Å². The number of terminal acetylenes is 1. The van der Waals surface area contributed by atoms with Gasteiger partial charge in [0.25, 0.3) is 9.76 Å². The summed E-state index contributed by atoms with van der Waals surface area (Å²) < 4.78 is 4.81. The van der Waals surface area contributed by atoms with E-state index in [0.717, 1.165) is 10.8 Å². The van der Waals surface area contributed by atoms with Gasteiger partial charge in [0, 0.05) is 5.56 Å². The van der Waals surface area contributed by atoms with Crippen LogP contribution in [0.1, 0.15) is 5.56 Å². The Kier molecular flexibility index (Phi) is 3.11. The molecule has 0 atom stereocenters. The van der Waals surface area contributed by atoms with Crippen molar-refractivity contribution in [2.24, 2.45) is 0 Å². The summed E-state index contributed by atoms with van der Waals surface area (Å²) in [5, 5.41) is 1.05. The van der Waals surface area contributed by atoms with Crippen LogP contribution in [0.15, 0.2) is 24.3 Å². The van der Waals surface area contributed by atoms with E-state index in [0.29, 0.717) is 0 Å². The third-order valence-corrected chi connectivity index (χ3v) is 2.31. The van der Waals surface area contributed by atoms with E-state index < -0.39 is 0 Å². The molecule has 0 aromatic heterocycles. The molecule has 1 nitrogen and oxygen atoms in total. The van der Waals surface area contributed by atoms with Crippen LogP contribution in [-0.4, -0.2) is 20.2 Å². The molecule has 0 saturated heterocycles. The van der Waals surface area contributed by atoms with Gasteiger partial charge in [-0.05, 0) is 11.3 Å². The molecule has 0 N–H and O–H groups in total. The molecular weight excluding hydrogens is 168 g/mol. The Morgan fingerprint density at radius 3 is 2.82 bits per heavy atom. The van der Waals surface area contributed by atoms with Gasteiger partial charge in [0.2, 0.25) is 10.5 Å². The number of rotatable bonds is 2. The largest absolute Gasteiger partial charge is 0.454 e. The van der Waals surface area contributed by atoms with Gasteiger partial charge in [0.1, 0.15) is 0 Å². The molecule has 0 saturated carbocycles. The van der Waals surface area contributed by atoms with E-state index in [1.54, 1.807) is 0 Å². The van der Waals surface area contributed by atoms with Crippen LogP contribution >= 0.6 is 0 Å². The highest BCUT2D eigenvalue weighted by atomic mass is 28.3.